The van der Waals surface area contributed by atoms with Crippen molar-refractivity contribution in [3.05, 3.63) is 51.2 Å². The molecule has 5 nitrogen and oxygen atoms in total. The highest BCUT2D eigenvalue weighted by atomic mass is 32.2. The SMILES string of the molecule is Cc1sc(C2CC(C)NN2)cc1S(=O)(=O)N1CCc2ccccc2C1. The molecular weight excluding hydrogens is 354 g/mol. The Kier molecular flexibility index (Phi) is 4.45. The first-order chi connectivity index (χ1) is 11.9. The molecule has 7 heteroatoms. The fourth-order valence-corrected chi connectivity index (χ4v) is 6.69. The first-order valence-corrected chi connectivity index (χ1v) is 10.9. The van der Waals surface area contributed by atoms with Crippen LogP contribution in [0.4, 0.5) is 0 Å². The first-order valence-electron chi connectivity index (χ1n) is 8.63. The van der Waals surface area contributed by atoms with Crippen molar-refractivity contribution in [1.82, 2.24) is 15.2 Å². The number of hydrogen-bond acceptors (Lipinski definition) is 5. The summed E-state index contributed by atoms with van der Waals surface area (Å²) in [6.07, 6.45) is 1.74. The van der Waals surface area contributed by atoms with Gasteiger partial charge in [0.2, 0.25) is 10.0 Å². The molecule has 1 fully saturated rings. The van der Waals surface area contributed by atoms with Gasteiger partial charge in [0.15, 0.2) is 0 Å². The van der Waals surface area contributed by atoms with Gasteiger partial charge in [-0.25, -0.2) is 13.8 Å². The van der Waals surface area contributed by atoms with Crippen molar-refractivity contribution in [3.63, 3.8) is 0 Å². The van der Waals surface area contributed by atoms with Crippen molar-refractivity contribution in [2.24, 2.45) is 0 Å². The van der Waals surface area contributed by atoms with E-state index < -0.39 is 10.0 Å². The zero-order valence-electron chi connectivity index (χ0n) is 14.5. The quantitative estimate of drug-likeness (QED) is 0.863. The molecule has 0 spiro atoms. The maximum Gasteiger partial charge on any atom is 0.244 e. The summed E-state index contributed by atoms with van der Waals surface area (Å²) in [5, 5.41) is 0. The van der Waals surface area contributed by atoms with Gasteiger partial charge in [-0.3, -0.25) is 5.43 Å². The molecule has 0 saturated carbocycles. The highest BCUT2D eigenvalue weighted by Gasteiger charge is 2.32. The summed E-state index contributed by atoms with van der Waals surface area (Å²) in [4.78, 5) is 2.42. The van der Waals surface area contributed by atoms with Crippen LogP contribution in [0.2, 0.25) is 0 Å². The predicted molar refractivity (Wildman–Crippen MR) is 99.9 cm³/mol. The second kappa shape index (κ2) is 6.48. The third-order valence-corrected chi connectivity index (χ3v) is 8.31. The maximum absolute atomic E-state index is 13.2. The van der Waals surface area contributed by atoms with E-state index in [0.29, 0.717) is 24.0 Å². The van der Waals surface area contributed by atoms with Crippen LogP contribution in [0.1, 0.15) is 40.3 Å². The van der Waals surface area contributed by atoms with Crippen LogP contribution in [0.3, 0.4) is 0 Å². The Morgan fingerprint density at radius 2 is 1.96 bits per heavy atom. The molecular formula is C18H23N3O2S2. The van der Waals surface area contributed by atoms with Crippen molar-refractivity contribution < 1.29 is 8.42 Å². The molecule has 1 aromatic carbocycles. The second-order valence-electron chi connectivity index (χ2n) is 6.90. The van der Waals surface area contributed by atoms with Gasteiger partial charge >= 0.3 is 0 Å². The third-order valence-electron chi connectivity index (χ3n) is 5.04. The number of nitrogens with one attached hydrogen (secondary N) is 2. The van der Waals surface area contributed by atoms with E-state index in [-0.39, 0.29) is 6.04 Å². The number of aryl methyl sites for hydroxylation is 1. The van der Waals surface area contributed by atoms with E-state index in [1.165, 1.54) is 5.56 Å². The largest absolute Gasteiger partial charge is 0.254 e. The average molecular weight is 378 g/mol. The van der Waals surface area contributed by atoms with Crippen LogP contribution >= 0.6 is 11.3 Å². The van der Waals surface area contributed by atoms with Crippen molar-refractivity contribution in [2.45, 2.75) is 50.2 Å². The Morgan fingerprint density at radius 1 is 1.20 bits per heavy atom. The molecule has 1 aromatic heterocycles. The van der Waals surface area contributed by atoms with Gasteiger partial charge in [-0.1, -0.05) is 24.3 Å². The molecule has 1 saturated heterocycles. The van der Waals surface area contributed by atoms with Crippen molar-refractivity contribution >= 4 is 21.4 Å². The number of benzene rings is 1. The molecule has 2 aliphatic heterocycles. The van der Waals surface area contributed by atoms with Crippen LogP contribution in [0.15, 0.2) is 35.2 Å². The van der Waals surface area contributed by atoms with Crippen LogP contribution in [0, 0.1) is 6.92 Å². The molecule has 4 rings (SSSR count). The summed E-state index contributed by atoms with van der Waals surface area (Å²) >= 11 is 1.58. The first kappa shape index (κ1) is 17.2. The van der Waals surface area contributed by atoms with Gasteiger partial charge in [-0.15, -0.1) is 11.3 Å². The topological polar surface area (TPSA) is 61.4 Å². The number of hydrogen-bond donors (Lipinski definition) is 2. The zero-order chi connectivity index (χ0) is 17.6. The summed E-state index contributed by atoms with van der Waals surface area (Å²) in [5.41, 5.74) is 8.83. The molecule has 2 aromatic rings. The number of thiophene rings is 1. The number of sulfonamides is 1. The minimum Gasteiger partial charge on any atom is -0.254 e. The van der Waals surface area contributed by atoms with Crippen LogP contribution < -0.4 is 10.9 Å². The predicted octanol–water partition coefficient (Wildman–Crippen LogP) is 2.73. The fourth-order valence-electron chi connectivity index (χ4n) is 3.63. The van der Waals surface area contributed by atoms with Crippen molar-refractivity contribution in [1.29, 1.82) is 0 Å². The smallest absolute Gasteiger partial charge is 0.244 e. The van der Waals surface area contributed by atoms with E-state index in [2.05, 4.69) is 23.8 Å². The molecule has 0 amide bonds. The number of fused-ring (bicyclic) bond motifs is 1. The van der Waals surface area contributed by atoms with E-state index in [0.717, 1.165) is 28.2 Å². The molecule has 0 bridgehead atoms. The molecule has 134 valence electrons. The molecule has 2 aliphatic rings. The zero-order valence-corrected chi connectivity index (χ0v) is 16.1. The molecule has 2 unspecified atom stereocenters. The minimum absolute atomic E-state index is 0.185. The lowest BCUT2D eigenvalue weighted by molar-refractivity contribution is 0.391. The van der Waals surface area contributed by atoms with Gasteiger partial charge < -0.3 is 0 Å². The molecule has 3 heterocycles. The van der Waals surface area contributed by atoms with E-state index >= 15 is 0 Å². The van der Waals surface area contributed by atoms with Crippen molar-refractivity contribution in [3.8, 4) is 0 Å². The second-order valence-corrected chi connectivity index (χ2v) is 10.1. The van der Waals surface area contributed by atoms with Crippen molar-refractivity contribution in [2.75, 3.05) is 6.54 Å². The Morgan fingerprint density at radius 3 is 2.68 bits per heavy atom. The van der Waals surface area contributed by atoms with E-state index in [1.54, 1.807) is 15.6 Å². The number of hydrazine groups is 1. The minimum atomic E-state index is -3.46. The van der Waals surface area contributed by atoms with Gasteiger partial charge in [0, 0.05) is 28.9 Å². The molecule has 2 N–H and O–H groups in total. The summed E-state index contributed by atoms with van der Waals surface area (Å²) in [6.45, 7) is 5.04. The van der Waals surface area contributed by atoms with E-state index in [4.69, 9.17) is 0 Å². The molecule has 2 atom stereocenters. The molecule has 0 radical (unpaired) electrons. The van der Waals surface area contributed by atoms with Crippen LogP contribution in [-0.4, -0.2) is 25.3 Å². The lowest BCUT2D eigenvalue weighted by atomic mass is 10.0. The highest BCUT2D eigenvalue weighted by Crippen LogP contribution is 2.35. The summed E-state index contributed by atoms with van der Waals surface area (Å²) in [7, 11) is -3.46. The Bertz CT molecular complexity index is 891. The standard InChI is InChI=1S/C18H23N3O2S2/c1-12-9-16(20-19-12)17-10-18(13(2)24-17)25(22,23)21-8-7-14-5-3-4-6-15(14)11-21/h3-6,10,12,16,19-20H,7-9,11H2,1-2H3. The normalized spacial score (nSPS) is 24.4. The van der Waals surface area contributed by atoms with Gasteiger partial charge in [-0.2, -0.15) is 4.31 Å². The lowest BCUT2D eigenvalue weighted by Gasteiger charge is -2.28. The Hall–Kier alpha value is -1.25. The van der Waals surface area contributed by atoms with Crippen LogP contribution in [0.25, 0.3) is 0 Å². The summed E-state index contributed by atoms with van der Waals surface area (Å²) < 4.78 is 28.0. The molecule has 0 aliphatic carbocycles. The van der Waals surface area contributed by atoms with Crippen LogP contribution in [-0.2, 0) is 23.0 Å². The fraction of sp³-hybridized carbons (Fsp3) is 0.444. The van der Waals surface area contributed by atoms with E-state index in [1.807, 2.05) is 31.2 Å². The highest BCUT2D eigenvalue weighted by molar-refractivity contribution is 7.89. The third kappa shape index (κ3) is 3.15. The average Bonchev–Trinajstić information content (AvgIpc) is 3.20. The van der Waals surface area contributed by atoms with Gasteiger partial charge in [0.05, 0.1) is 10.9 Å². The lowest BCUT2D eigenvalue weighted by Crippen LogP contribution is -2.36. The number of nitrogens with zero attached hydrogens (tertiary/aromatic N) is 1. The Balaban J connectivity index is 1.62. The number of rotatable bonds is 3. The monoisotopic (exact) mass is 377 g/mol. The Labute approximate surface area is 153 Å². The van der Waals surface area contributed by atoms with E-state index in [9.17, 15) is 8.42 Å². The van der Waals surface area contributed by atoms with Gasteiger partial charge in [-0.05, 0) is 43.9 Å². The summed E-state index contributed by atoms with van der Waals surface area (Å²) in [5.74, 6) is 0. The maximum atomic E-state index is 13.2. The van der Waals surface area contributed by atoms with Gasteiger partial charge in [0.25, 0.3) is 0 Å². The summed E-state index contributed by atoms with van der Waals surface area (Å²) in [6, 6.07) is 10.6. The van der Waals surface area contributed by atoms with Gasteiger partial charge in [0.1, 0.15) is 0 Å². The molecule has 25 heavy (non-hydrogen) atoms. The van der Waals surface area contributed by atoms with Crippen LogP contribution in [0.5, 0.6) is 0 Å².